The second-order valence-electron chi connectivity index (χ2n) is 6.27. The van der Waals surface area contributed by atoms with Crippen LogP contribution in [0.4, 0.5) is 0 Å². The van der Waals surface area contributed by atoms with Crippen LogP contribution in [0.2, 0.25) is 0 Å². The lowest BCUT2D eigenvalue weighted by Crippen LogP contribution is -2.30. The summed E-state index contributed by atoms with van der Waals surface area (Å²) >= 11 is 0. The first kappa shape index (κ1) is 27.7. The molecule has 1 aromatic carbocycles. The summed E-state index contributed by atoms with van der Waals surface area (Å²) in [7, 11) is 0. The standard InChI is InChI=1S/C21H36O10/c22-6-7-25-8-9-26-10-11-27-12-13-28-14-15-29-21(16-23)31-18-19(24)17-30-20-4-2-1-3-5-20/h1-5,19,21-24H,6-18H2. The molecule has 0 aliphatic carbocycles. The fraction of sp³-hybridized carbons (Fsp3) is 0.714. The second kappa shape index (κ2) is 20.6. The zero-order valence-electron chi connectivity index (χ0n) is 17.9. The van der Waals surface area contributed by atoms with Crippen molar-refractivity contribution in [2.45, 2.75) is 12.4 Å². The van der Waals surface area contributed by atoms with Gasteiger partial charge in [0.1, 0.15) is 18.5 Å². The lowest BCUT2D eigenvalue weighted by Gasteiger charge is -2.19. The maximum Gasteiger partial charge on any atom is 0.180 e. The van der Waals surface area contributed by atoms with Crippen molar-refractivity contribution in [2.24, 2.45) is 0 Å². The van der Waals surface area contributed by atoms with Crippen LogP contribution in [0.3, 0.4) is 0 Å². The highest BCUT2D eigenvalue weighted by atomic mass is 16.7. The molecule has 0 bridgehead atoms. The quantitative estimate of drug-likeness (QED) is 0.163. The fourth-order valence-electron chi connectivity index (χ4n) is 2.19. The largest absolute Gasteiger partial charge is 0.491 e. The molecule has 0 saturated carbocycles. The van der Waals surface area contributed by atoms with Gasteiger partial charge in [0.25, 0.3) is 0 Å². The van der Waals surface area contributed by atoms with Crippen molar-refractivity contribution in [2.75, 3.05) is 85.9 Å². The lowest BCUT2D eigenvalue weighted by atomic mass is 10.3. The number of hydrogen-bond donors (Lipinski definition) is 3. The van der Waals surface area contributed by atoms with Gasteiger partial charge in [-0.2, -0.15) is 0 Å². The predicted molar refractivity (Wildman–Crippen MR) is 111 cm³/mol. The van der Waals surface area contributed by atoms with Gasteiger partial charge in [0.05, 0.1) is 79.3 Å². The molecule has 3 N–H and O–H groups in total. The van der Waals surface area contributed by atoms with E-state index >= 15 is 0 Å². The summed E-state index contributed by atoms with van der Waals surface area (Å²) in [4.78, 5) is 0. The molecule has 0 fully saturated rings. The van der Waals surface area contributed by atoms with Crippen molar-refractivity contribution in [3.63, 3.8) is 0 Å². The van der Waals surface area contributed by atoms with Crippen LogP contribution in [0, 0.1) is 0 Å². The molecule has 0 amide bonds. The average Bonchev–Trinajstić information content (AvgIpc) is 2.80. The molecule has 1 rings (SSSR count). The minimum atomic E-state index is -0.844. The molecule has 0 heterocycles. The Morgan fingerprint density at radius 2 is 1.19 bits per heavy atom. The lowest BCUT2D eigenvalue weighted by molar-refractivity contribution is -0.183. The van der Waals surface area contributed by atoms with Gasteiger partial charge in [-0.3, -0.25) is 0 Å². The van der Waals surface area contributed by atoms with Crippen molar-refractivity contribution in [3.05, 3.63) is 30.3 Å². The van der Waals surface area contributed by atoms with E-state index in [4.69, 9.17) is 38.3 Å². The SMILES string of the molecule is OCCOCCOCCOCCOCCOC(CO)OCC(O)COc1ccccc1. The van der Waals surface area contributed by atoms with Crippen LogP contribution in [0.1, 0.15) is 0 Å². The predicted octanol–water partition coefficient (Wildman–Crippen LogP) is -0.163. The Labute approximate surface area is 183 Å². The van der Waals surface area contributed by atoms with Crippen LogP contribution in [-0.4, -0.2) is 114 Å². The van der Waals surface area contributed by atoms with Crippen molar-refractivity contribution >= 4 is 0 Å². The van der Waals surface area contributed by atoms with Crippen LogP contribution >= 0.6 is 0 Å². The van der Waals surface area contributed by atoms with Gasteiger partial charge < -0.3 is 48.5 Å². The topological polar surface area (TPSA) is 125 Å². The smallest absolute Gasteiger partial charge is 0.180 e. The summed E-state index contributed by atoms with van der Waals surface area (Å²) < 4.78 is 37.2. The van der Waals surface area contributed by atoms with Crippen molar-refractivity contribution in [3.8, 4) is 5.75 Å². The Bertz CT molecular complexity index is 490. The summed E-state index contributed by atoms with van der Waals surface area (Å²) in [6.07, 6.45) is -1.69. The number of hydrogen-bond acceptors (Lipinski definition) is 10. The molecule has 0 saturated heterocycles. The van der Waals surface area contributed by atoms with Crippen LogP contribution in [0.5, 0.6) is 5.75 Å². The first-order chi connectivity index (χ1) is 15.3. The molecule has 31 heavy (non-hydrogen) atoms. The summed E-state index contributed by atoms with van der Waals surface area (Å²) in [5.41, 5.74) is 0. The highest BCUT2D eigenvalue weighted by molar-refractivity contribution is 5.20. The minimum absolute atomic E-state index is 0.00950. The van der Waals surface area contributed by atoms with Gasteiger partial charge >= 0.3 is 0 Å². The molecule has 0 aliphatic heterocycles. The van der Waals surface area contributed by atoms with E-state index in [1.165, 1.54) is 0 Å². The second-order valence-corrected chi connectivity index (χ2v) is 6.27. The summed E-state index contributed by atoms with van der Waals surface area (Å²) in [5, 5.41) is 27.7. The Hall–Kier alpha value is -1.34. The highest BCUT2D eigenvalue weighted by Gasteiger charge is 2.12. The molecule has 0 spiro atoms. The van der Waals surface area contributed by atoms with Gasteiger partial charge in [-0.15, -0.1) is 0 Å². The third-order valence-corrected chi connectivity index (χ3v) is 3.69. The molecule has 1 aromatic rings. The van der Waals surface area contributed by atoms with E-state index in [0.717, 1.165) is 0 Å². The maximum absolute atomic E-state index is 9.90. The number of ether oxygens (including phenoxy) is 7. The zero-order valence-corrected chi connectivity index (χ0v) is 17.9. The average molecular weight is 449 g/mol. The number of rotatable bonds is 22. The van der Waals surface area contributed by atoms with Gasteiger partial charge in [0, 0.05) is 0 Å². The summed E-state index contributed by atoms with van der Waals surface area (Å²) in [6, 6.07) is 9.16. The van der Waals surface area contributed by atoms with E-state index in [-0.39, 0.29) is 33.0 Å². The minimum Gasteiger partial charge on any atom is -0.491 e. The van der Waals surface area contributed by atoms with E-state index in [9.17, 15) is 10.2 Å². The molecule has 0 aliphatic rings. The van der Waals surface area contributed by atoms with Gasteiger partial charge in [-0.25, -0.2) is 0 Å². The first-order valence-electron chi connectivity index (χ1n) is 10.4. The molecule has 180 valence electrons. The fourth-order valence-corrected chi connectivity index (χ4v) is 2.19. The molecular formula is C21H36O10. The van der Waals surface area contributed by atoms with Crippen molar-refractivity contribution < 1.29 is 48.5 Å². The van der Waals surface area contributed by atoms with Crippen molar-refractivity contribution in [1.29, 1.82) is 0 Å². The van der Waals surface area contributed by atoms with Crippen LogP contribution in [-0.2, 0) is 28.4 Å². The third-order valence-electron chi connectivity index (χ3n) is 3.69. The molecule has 2 unspecified atom stereocenters. The molecule has 10 nitrogen and oxygen atoms in total. The Morgan fingerprint density at radius 1 is 0.645 bits per heavy atom. The van der Waals surface area contributed by atoms with Gasteiger partial charge in [0.2, 0.25) is 0 Å². The number of benzene rings is 1. The van der Waals surface area contributed by atoms with Crippen LogP contribution in [0.25, 0.3) is 0 Å². The summed E-state index contributed by atoms with van der Waals surface area (Å²) in [5.74, 6) is 0.661. The molecule has 0 radical (unpaired) electrons. The van der Waals surface area contributed by atoms with E-state index in [1.54, 1.807) is 12.1 Å². The van der Waals surface area contributed by atoms with Crippen molar-refractivity contribution in [1.82, 2.24) is 0 Å². The monoisotopic (exact) mass is 448 g/mol. The zero-order chi connectivity index (χ0) is 22.4. The Balaban J connectivity index is 1.89. The van der Waals surface area contributed by atoms with E-state index in [1.807, 2.05) is 18.2 Å². The van der Waals surface area contributed by atoms with Gasteiger partial charge in [-0.1, -0.05) is 18.2 Å². The molecule has 0 aromatic heterocycles. The van der Waals surface area contributed by atoms with Crippen LogP contribution < -0.4 is 4.74 Å². The third kappa shape index (κ3) is 17.0. The van der Waals surface area contributed by atoms with Gasteiger partial charge in [-0.05, 0) is 12.1 Å². The maximum atomic E-state index is 9.90. The Morgan fingerprint density at radius 3 is 1.74 bits per heavy atom. The molecule has 2 atom stereocenters. The molecular weight excluding hydrogens is 412 g/mol. The number of para-hydroxylation sites is 1. The first-order valence-corrected chi connectivity index (χ1v) is 10.4. The van der Waals surface area contributed by atoms with Crippen LogP contribution in [0.15, 0.2) is 30.3 Å². The van der Waals surface area contributed by atoms with E-state index < -0.39 is 12.4 Å². The number of aliphatic hydroxyl groups excluding tert-OH is 3. The Kier molecular flexibility index (Phi) is 18.4. The van der Waals surface area contributed by atoms with E-state index in [0.29, 0.717) is 58.6 Å². The normalized spacial score (nSPS) is 13.3. The van der Waals surface area contributed by atoms with E-state index in [2.05, 4.69) is 0 Å². The highest BCUT2D eigenvalue weighted by Crippen LogP contribution is 2.08. The molecule has 10 heteroatoms. The van der Waals surface area contributed by atoms with Gasteiger partial charge in [0.15, 0.2) is 6.29 Å². The number of aliphatic hydroxyl groups is 3. The summed E-state index contributed by atoms with van der Waals surface area (Å²) in [6.45, 7) is 3.26.